The molecule has 2 aromatic rings. The highest BCUT2D eigenvalue weighted by Crippen LogP contribution is 2.50. The molecule has 0 spiro atoms. The monoisotopic (exact) mass is 451 g/mol. The van der Waals surface area contributed by atoms with Gasteiger partial charge in [-0.25, -0.2) is 9.67 Å². The molecule has 0 radical (unpaired) electrons. The van der Waals surface area contributed by atoms with Gasteiger partial charge in [0, 0.05) is 23.4 Å². The van der Waals surface area contributed by atoms with Crippen LogP contribution in [0.2, 0.25) is 0 Å². The highest BCUT2D eigenvalue weighted by molar-refractivity contribution is 6.34. The Bertz CT molecular complexity index is 1300. The zero-order valence-corrected chi connectivity index (χ0v) is 20.5. The van der Waals surface area contributed by atoms with Gasteiger partial charge >= 0.3 is 0 Å². The van der Waals surface area contributed by atoms with Gasteiger partial charge < -0.3 is 5.73 Å². The molecule has 0 saturated heterocycles. The number of allylic oxidation sites excluding steroid dienone is 4. The molecule has 34 heavy (non-hydrogen) atoms. The number of dihydropyridines is 1. The molecule has 6 rings (SSSR count). The van der Waals surface area contributed by atoms with Crippen LogP contribution in [0.1, 0.15) is 57.5 Å². The number of nitrogens with two attached hydrogens (primary N) is 1. The molecule has 2 N–H and O–H groups in total. The minimum Gasteiger partial charge on any atom is -0.325 e. The Morgan fingerprint density at radius 3 is 2.56 bits per heavy atom. The van der Waals surface area contributed by atoms with Crippen molar-refractivity contribution in [3.63, 3.8) is 0 Å². The molecule has 0 amide bonds. The number of hydrogen-bond donors (Lipinski definition) is 1. The summed E-state index contributed by atoms with van der Waals surface area (Å²) < 4.78 is 2.00. The Hall–Kier alpha value is -3.05. The van der Waals surface area contributed by atoms with Crippen LogP contribution in [-0.2, 0) is 0 Å². The van der Waals surface area contributed by atoms with E-state index in [1.54, 1.807) is 0 Å². The first-order valence-corrected chi connectivity index (χ1v) is 12.4. The maximum Gasteiger partial charge on any atom is 0.158 e. The third-order valence-electron chi connectivity index (χ3n) is 8.37. The number of aromatic nitrogens is 2. The molecule has 2 aliphatic carbocycles. The Kier molecular flexibility index (Phi) is 4.72. The molecule has 1 saturated carbocycles. The lowest BCUT2D eigenvalue weighted by Crippen LogP contribution is -2.56. The van der Waals surface area contributed by atoms with Crippen LogP contribution in [0.15, 0.2) is 75.8 Å². The number of aliphatic imine (C=N–C) groups is 2. The molecule has 0 bridgehead atoms. The average Bonchev–Trinajstić information content (AvgIpc) is 3.20. The van der Waals surface area contributed by atoms with Crippen LogP contribution in [0.4, 0.5) is 5.82 Å². The fourth-order valence-corrected chi connectivity index (χ4v) is 6.35. The minimum absolute atomic E-state index is 0.0553. The highest BCUT2D eigenvalue weighted by atomic mass is 15.4. The SMILES string of the molecule is CC1=C(c2ccccc2)C(C2=CCC(C3(N)CC(C)C3)C=C2)=NC2n3nc(C)cc3N=CC12C. The normalized spacial score (nSPS) is 34.2. The summed E-state index contributed by atoms with van der Waals surface area (Å²) >= 11 is 0. The van der Waals surface area contributed by atoms with Crippen LogP contribution in [-0.4, -0.2) is 27.2 Å². The second-order valence-electron chi connectivity index (χ2n) is 11.0. The van der Waals surface area contributed by atoms with Crippen LogP contribution >= 0.6 is 0 Å². The predicted octanol–water partition coefficient (Wildman–Crippen LogP) is 5.97. The van der Waals surface area contributed by atoms with Gasteiger partial charge in [-0.15, -0.1) is 0 Å². The van der Waals surface area contributed by atoms with Crippen LogP contribution in [0.5, 0.6) is 0 Å². The summed E-state index contributed by atoms with van der Waals surface area (Å²) in [6.45, 7) is 8.78. The van der Waals surface area contributed by atoms with Crippen molar-refractivity contribution < 1.29 is 0 Å². The fourth-order valence-electron chi connectivity index (χ4n) is 6.35. The quantitative estimate of drug-likeness (QED) is 0.624. The topological polar surface area (TPSA) is 68.6 Å². The van der Waals surface area contributed by atoms with Crippen molar-refractivity contribution in [3.8, 4) is 0 Å². The number of fused-ring (bicyclic) bond motifs is 3. The molecular weight excluding hydrogens is 418 g/mol. The van der Waals surface area contributed by atoms with Crippen LogP contribution in [0.25, 0.3) is 5.57 Å². The molecule has 3 heterocycles. The van der Waals surface area contributed by atoms with Crippen molar-refractivity contribution in [2.24, 2.45) is 33.0 Å². The lowest BCUT2D eigenvalue weighted by molar-refractivity contribution is 0.115. The van der Waals surface area contributed by atoms with E-state index in [4.69, 9.17) is 20.8 Å². The third kappa shape index (κ3) is 3.13. The molecule has 2 aliphatic heterocycles. The molecule has 5 heteroatoms. The van der Waals surface area contributed by atoms with Gasteiger partial charge in [0.2, 0.25) is 0 Å². The molecule has 174 valence electrons. The van der Waals surface area contributed by atoms with Crippen molar-refractivity contribution in [2.75, 3.05) is 0 Å². The van der Waals surface area contributed by atoms with Crippen molar-refractivity contribution in [1.29, 1.82) is 0 Å². The summed E-state index contributed by atoms with van der Waals surface area (Å²) in [5.41, 5.74) is 13.2. The number of hydrogen-bond acceptors (Lipinski definition) is 4. The Morgan fingerprint density at radius 1 is 1.12 bits per heavy atom. The molecule has 3 unspecified atom stereocenters. The average molecular weight is 452 g/mol. The summed E-state index contributed by atoms with van der Waals surface area (Å²) in [5.74, 6) is 2.00. The van der Waals surface area contributed by atoms with E-state index in [0.29, 0.717) is 5.92 Å². The second-order valence-corrected chi connectivity index (χ2v) is 11.0. The molecule has 4 aliphatic rings. The van der Waals surface area contributed by atoms with Crippen LogP contribution in [0.3, 0.4) is 0 Å². The van der Waals surface area contributed by atoms with Crippen LogP contribution in [0, 0.1) is 24.2 Å². The lowest BCUT2D eigenvalue weighted by atomic mass is 9.61. The molecule has 1 aromatic carbocycles. The van der Waals surface area contributed by atoms with E-state index in [9.17, 15) is 0 Å². The second kappa shape index (κ2) is 7.47. The lowest BCUT2D eigenvalue weighted by Gasteiger charge is -2.48. The van der Waals surface area contributed by atoms with Gasteiger partial charge in [-0.1, -0.05) is 55.5 Å². The number of benzene rings is 1. The van der Waals surface area contributed by atoms with Gasteiger partial charge in [-0.2, -0.15) is 5.10 Å². The van der Waals surface area contributed by atoms with Gasteiger partial charge in [-0.3, -0.25) is 4.99 Å². The van der Waals surface area contributed by atoms with E-state index < -0.39 is 0 Å². The summed E-state index contributed by atoms with van der Waals surface area (Å²) in [7, 11) is 0. The number of rotatable bonds is 3. The van der Waals surface area contributed by atoms with E-state index in [2.05, 4.69) is 75.5 Å². The van der Waals surface area contributed by atoms with E-state index in [-0.39, 0.29) is 17.1 Å². The van der Waals surface area contributed by atoms with E-state index in [1.165, 1.54) is 22.3 Å². The van der Waals surface area contributed by atoms with Crippen molar-refractivity contribution in [1.82, 2.24) is 9.78 Å². The zero-order valence-electron chi connectivity index (χ0n) is 20.5. The Labute approximate surface area is 201 Å². The zero-order chi connectivity index (χ0) is 23.7. The van der Waals surface area contributed by atoms with Crippen molar-refractivity contribution in [3.05, 3.63) is 77.0 Å². The predicted molar refractivity (Wildman–Crippen MR) is 139 cm³/mol. The van der Waals surface area contributed by atoms with E-state index in [1.807, 2.05) is 17.7 Å². The van der Waals surface area contributed by atoms with Gasteiger partial charge in [0.15, 0.2) is 12.0 Å². The maximum atomic E-state index is 6.75. The Balaban J connectivity index is 1.45. The first-order valence-electron chi connectivity index (χ1n) is 12.4. The van der Waals surface area contributed by atoms with Gasteiger partial charge in [-0.05, 0) is 68.6 Å². The van der Waals surface area contributed by atoms with Gasteiger partial charge in [0.05, 0.1) is 16.8 Å². The largest absolute Gasteiger partial charge is 0.325 e. The van der Waals surface area contributed by atoms with E-state index in [0.717, 1.165) is 42.4 Å². The highest BCUT2D eigenvalue weighted by Gasteiger charge is 2.46. The molecular formula is C29H33N5. The number of nitrogens with zero attached hydrogens (tertiary/aromatic N) is 4. The molecule has 5 nitrogen and oxygen atoms in total. The third-order valence-corrected chi connectivity index (χ3v) is 8.37. The summed E-state index contributed by atoms with van der Waals surface area (Å²) in [6.07, 6.45) is 12.1. The maximum absolute atomic E-state index is 6.75. The summed E-state index contributed by atoms with van der Waals surface area (Å²) in [5, 5.41) is 4.78. The Morgan fingerprint density at radius 2 is 1.88 bits per heavy atom. The van der Waals surface area contributed by atoms with Crippen molar-refractivity contribution >= 4 is 23.3 Å². The summed E-state index contributed by atoms with van der Waals surface area (Å²) in [6, 6.07) is 12.7. The standard InChI is InChI=1S/C29H33N5/c1-18-15-29(30,16-18)23-12-10-22(11-13-23)26-25(21-8-6-5-7-9-21)20(3)28(4)17-31-24-14-19(2)33-34(24)27(28)32-26/h5-12,14,17-18,23,27H,13,15-16,30H2,1-4H3. The smallest absolute Gasteiger partial charge is 0.158 e. The molecule has 1 fully saturated rings. The van der Waals surface area contributed by atoms with Gasteiger partial charge in [0.1, 0.15) is 0 Å². The first kappa shape index (κ1) is 21.5. The first-order chi connectivity index (χ1) is 16.3. The van der Waals surface area contributed by atoms with Gasteiger partial charge in [0.25, 0.3) is 0 Å². The summed E-state index contributed by atoms with van der Waals surface area (Å²) in [4.78, 5) is 10.2. The van der Waals surface area contributed by atoms with Crippen LogP contribution < -0.4 is 5.73 Å². The van der Waals surface area contributed by atoms with E-state index >= 15 is 0 Å². The van der Waals surface area contributed by atoms with Crippen molar-refractivity contribution in [2.45, 2.75) is 58.7 Å². The minimum atomic E-state index is -0.342. The fraction of sp³-hybridized carbons (Fsp3) is 0.414. The molecule has 1 aromatic heterocycles. The number of aryl methyl sites for hydroxylation is 1. The molecule has 3 atom stereocenters.